The number of nitrogens with zero attached hydrogens (tertiary/aromatic N) is 6. The summed E-state index contributed by atoms with van der Waals surface area (Å²) in [5.74, 6) is -10.0. The van der Waals surface area contributed by atoms with Crippen LogP contribution in [0.25, 0.3) is 20.9 Å². The summed E-state index contributed by atoms with van der Waals surface area (Å²) in [7, 11) is 0. The van der Waals surface area contributed by atoms with Crippen molar-refractivity contribution < 1.29 is 67.3 Å². The van der Waals surface area contributed by atoms with E-state index in [9.17, 15) is 34.2 Å². The Morgan fingerprint density at radius 1 is 0.823 bits per heavy atom. The maximum atomic E-state index is 14.3. The Labute approximate surface area is 358 Å². The maximum absolute atomic E-state index is 14.3. The molecule has 0 bridgehead atoms. The number of aliphatic hydroxyl groups is 2. The lowest BCUT2D eigenvalue weighted by atomic mass is 9.41. The minimum atomic E-state index is -1.99. The summed E-state index contributed by atoms with van der Waals surface area (Å²) in [6.45, 7) is 11.8. The predicted molar refractivity (Wildman–Crippen MR) is 209 cm³/mol. The smallest absolute Gasteiger partial charge is 0.353 e. The lowest BCUT2D eigenvalue weighted by Gasteiger charge is -2.66. The lowest BCUT2D eigenvalue weighted by molar-refractivity contribution is -0.282. The third-order valence-electron chi connectivity index (χ3n) is 17.1. The summed E-state index contributed by atoms with van der Waals surface area (Å²) in [6.07, 6.45) is -4.95. The summed E-state index contributed by atoms with van der Waals surface area (Å²) in [6, 6.07) is 0. The van der Waals surface area contributed by atoms with Crippen LogP contribution in [0, 0.1) is 57.7 Å². The standard InChI is InChI=1S/C42H58N6O14/c1-18-27-30(40(6)41(7,37(55)62-42(40)35(18)61-42)60-25(52)13-9-11-15-46-48-44)31(53)28-26-22(58-24(51)12-8-10-14-45-47-43)16-21-17-23-32(59-23)34(54)38(21,4)29(26)33(56-19(2)49)36(39(27,28)5)57-20(3)50/h18,21-23,26-36,53-54H,8-17H2,1-7H3/t18-,21-,22-,23-,26?,27-,28+,29?,30-,31+,32-,33-,34-,35+,36-,38-,39+,40-,41+,42-/m0/s1. The van der Waals surface area contributed by atoms with Gasteiger partial charge in [0.2, 0.25) is 5.60 Å². The average Bonchev–Trinajstić information content (AvgIpc) is 4.11. The molecule has 20 heteroatoms. The highest BCUT2D eigenvalue weighted by atomic mass is 16.8. The molecule has 1 spiro atoms. The highest BCUT2D eigenvalue weighted by molar-refractivity contribution is 5.88. The first-order valence-corrected chi connectivity index (χ1v) is 22.0. The van der Waals surface area contributed by atoms with Gasteiger partial charge in [0.15, 0.2) is 0 Å². The molecule has 2 unspecified atom stereocenters. The molecule has 62 heavy (non-hydrogen) atoms. The second-order valence-corrected chi connectivity index (χ2v) is 19.8. The fourth-order valence-electron chi connectivity index (χ4n) is 14.5. The first-order valence-electron chi connectivity index (χ1n) is 22.0. The van der Waals surface area contributed by atoms with Crippen LogP contribution in [-0.4, -0.2) is 113 Å². The van der Waals surface area contributed by atoms with Crippen LogP contribution in [0.2, 0.25) is 0 Å². The Hall–Kier alpha value is -4.19. The van der Waals surface area contributed by atoms with Crippen LogP contribution in [0.4, 0.5) is 0 Å². The number of hydrogen-bond acceptors (Lipinski definition) is 16. The highest BCUT2D eigenvalue weighted by Gasteiger charge is 2.94. The molecule has 8 rings (SSSR count). The fourth-order valence-corrected chi connectivity index (χ4v) is 14.5. The molecule has 3 heterocycles. The van der Waals surface area contributed by atoms with Crippen LogP contribution >= 0.6 is 0 Å². The van der Waals surface area contributed by atoms with Crippen molar-refractivity contribution in [2.24, 2.45) is 67.9 Å². The lowest BCUT2D eigenvalue weighted by Crippen LogP contribution is -2.72. The van der Waals surface area contributed by atoms with Gasteiger partial charge in [-0.2, -0.15) is 0 Å². The number of unbranched alkanes of at least 4 members (excludes halogenated alkanes) is 2. The van der Waals surface area contributed by atoms with Crippen molar-refractivity contribution in [3.8, 4) is 0 Å². The third-order valence-corrected chi connectivity index (χ3v) is 17.1. The largest absolute Gasteiger partial charge is 0.462 e. The summed E-state index contributed by atoms with van der Waals surface area (Å²) in [5.41, 5.74) is 11.5. The Balaban J connectivity index is 1.27. The van der Waals surface area contributed by atoms with Crippen LogP contribution in [0.1, 0.15) is 99.8 Å². The van der Waals surface area contributed by atoms with Crippen LogP contribution in [0.15, 0.2) is 10.2 Å². The molecule has 5 saturated carbocycles. The number of ether oxygens (including phenoxy) is 7. The van der Waals surface area contributed by atoms with Gasteiger partial charge in [0.1, 0.15) is 30.5 Å². The molecule has 20 atom stereocenters. The van der Waals surface area contributed by atoms with Gasteiger partial charge in [-0.05, 0) is 81.2 Å². The zero-order valence-corrected chi connectivity index (χ0v) is 36.2. The quantitative estimate of drug-likeness (QED) is 0.0466. The van der Waals surface area contributed by atoms with E-state index in [1.54, 1.807) is 6.92 Å². The van der Waals surface area contributed by atoms with E-state index in [0.29, 0.717) is 32.1 Å². The average molecular weight is 871 g/mol. The number of carbonyl (C=O) groups excluding carboxylic acids is 5. The van der Waals surface area contributed by atoms with Crippen molar-refractivity contribution in [3.63, 3.8) is 0 Å². The van der Waals surface area contributed by atoms with Crippen molar-refractivity contribution in [3.05, 3.63) is 20.9 Å². The van der Waals surface area contributed by atoms with E-state index < -0.39 is 136 Å². The molecule has 5 aliphatic carbocycles. The number of rotatable bonds is 14. The predicted octanol–water partition coefficient (Wildman–Crippen LogP) is 4.37. The fraction of sp³-hybridized carbons (Fsp3) is 0.881. The molecule has 0 aromatic heterocycles. The van der Waals surface area contributed by atoms with E-state index in [2.05, 4.69) is 20.1 Å². The van der Waals surface area contributed by atoms with Gasteiger partial charge >= 0.3 is 29.8 Å². The van der Waals surface area contributed by atoms with E-state index in [-0.39, 0.29) is 44.4 Å². The minimum Gasteiger partial charge on any atom is -0.462 e. The zero-order chi connectivity index (χ0) is 44.9. The first-order chi connectivity index (χ1) is 29.3. The Morgan fingerprint density at radius 2 is 1.45 bits per heavy atom. The van der Waals surface area contributed by atoms with Crippen LogP contribution in [0.3, 0.4) is 0 Å². The van der Waals surface area contributed by atoms with Crippen molar-refractivity contribution in [1.29, 1.82) is 0 Å². The van der Waals surface area contributed by atoms with Gasteiger partial charge in [-0.25, -0.2) is 4.79 Å². The van der Waals surface area contributed by atoms with E-state index in [1.807, 2.05) is 20.8 Å². The second-order valence-electron chi connectivity index (χ2n) is 19.8. The van der Waals surface area contributed by atoms with Crippen molar-refractivity contribution in [1.82, 2.24) is 0 Å². The Kier molecular flexibility index (Phi) is 11.1. The normalized spacial score (nSPS) is 48.3. The number of aliphatic hydroxyl groups excluding tert-OH is 2. The minimum absolute atomic E-state index is 0.0116. The molecular weight excluding hydrogens is 812 g/mol. The second kappa shape index (κ2) is 15.5. The van der Waals surface area contributed by atoms with Gasteiger partial charge in [0.25, 0.3) is 5.79 Å². The van der Waals surface area contributed by atoms with Gasteiger partial charge in [-0.3, -0.25) is 19.2 Å². The summed E-state index contributed by atoms with van der Waals surface area (Å²) < 4.78 is 43.9. The monoisotopic (exact) mass is 870 g/mol. The Morgan fingerprint density at radius 3 is 2.06 bits per heavy atom. The summed E-state index contributed by atoms with van der Waals surface area (Å²) in [5, 5.41) is 32.8. The third kappa shape index (κ3) is 6.17. The van der Waals surface area contributed by atoms with E-state index in [4.69, 9.17) is 44.2 Å². The van der Waals surface area contributed by atoms with Crippen LogP contribution in [0.5, 0.6) is 0 Å². The molecule has 0 aromatic rings. The number of hydrogen-bond donors (Lipinski definition) is 2. The molecule has 3 saturated heterocycles. The van der Waals surface area contributed by atoms with Gasteiger partial charge in [-0.15, -0.1) is 0 Å². The first kappa shape index (κ1) is 44.4. The molecule has 8 fully saturated rings. The molecule has 2 N–H and O–H groups in total. The van der Waals surface area contributed by atoms with Crippen molar-refractivity contribution in [2.75, 3.05) is 13.1 Å². The maximum Gasteiger partial charge on any atom is 0.353 e. The van der Waals surface area contributed by atoms with E-state index >= 15 is 0 Å². The molecule has 20 nitrogen and oxygen atoms in total. The van der Waals surface area contributed by atoms with Gasteiger partial charge < -0.3 is 43.4 Å². The molecule has 3 aliphatic heterocycles. The summed E-state index contributed by atoms with van der Waals surface area (Å²) >= 11 is 0. The number of carbonyl (C=O) groups is 5. The molecule has 0 radical (unpaired) electrons. The molecule has 8 aliphatic rings. The topological polar surface area (TPSA) is 295 Å². The zero-order valence-electron chi connectivity index (χ0n) is 36.2. The molecule has 0 amide bonds. The number of azide groups is 2. The van der Waals surface area contributed by atoms with Crippen LogP contribution < -0.4 is 0 Å². The SMILES string of the molecule is CC(=O)O[C@H]1C2C([C@@H](OC(=O)CCCCN=[N+]=[N-])C[C@H]3C[C@@H]4O[C@@H]4[C@H](O)[C@]23C)[C@@H]2[C@@H](O)[C@@H]3[C@H]([C@H](C)[C@H]4O[C@]45OC(=O)[C@@](C)(OC(=O)CCCCN=[N+]=[N-])[C@]35C)[C@@]2(C)[C@H]1OC(C)=O. The molecule has 0 aromatic carbocycles. The van der Waals surface area contributed by atoms with Crippen LogP contribution in [-0.2, 0) is 57.1 Å². The van der Waals surface area contributed by atoms with E-state index in [1.165, 1.54) is 20.8 Å². The molecule has 340 valence electrons. The van der Waals surface area contributed by atoms with Crippen molar-refractivity contribution in [2.45, 2.75) is 160 Å². The number of fused-ring (bicyclic) bond motifs is 9. The summed E-state index contributed by atoms with van der Waals surface area (Å²) in [4.78, 5) is 74.0. The Bertz CT molecular complexity index is 2000. The number of esters is 5. The van der Waals surface area contributed by atoms with Gasteiger partial charge in [-0.1, -0.05) is 31.0 Å². The van der Waals surface area contributed by atoms with E-state index in [0.717, 1.165) is 0 Å². The van der Waals surface area contributed by atoms with Gasteiger partial charge in [0, 0.05) is 84.1 Å². The van der Waals surface area contributed by atoms with Crippen molar-refractivity contribution >= 4 is 29.8 Å². The highest BCUT2D eigenvalue weighted by Crippen LogP contribution is 2.81. The van der Waals surface area contributed by atoms with Gasteiger partial charge in [0.05, 0.1) is 23.7 Å². The molecular formula is C42H58N6O14. The number of epoxide rings is 2.